The first-order chi connectivity index (χ1) is 14.2. The number of likely N-dealkylation sites (N-methyl/N-ethyl adjacent to an activating group) is 1. The lowest BCUT2D eigenvalue weighted by Gasteiger charge is -2.18. The molecule has 0 unspecified atom stereocenters. The van der Waals surface area contributed by atoms with Gasteiger partial charge in [-0.15, -0.1) is 0 Å². The third-order valence-electron chi connectivity index (χ3n) is 4.45. The lowest BCUT2D eigenvalue weighted by molar-refractivity contribution is -0.121. The second-order valence-corrected chi connectivity index (χ2v) is 8.79. The van der Waals surface area contributed by atoms with Gasteiger partial charge in [0.1, 0.15) is 12.4 Å². The lowest BCUT2D eigenvalue weighted by Crippen LogP contribution is -2.39. The van der Waals surface area contributed by atoms with E-state index in [-0.39, 0.29) is 24.6 Å². The predicted octanol–water partition coefficient (Wildman–Crippen LogP) is 2.14. The molecule has 0 aliphatic heterocycles. The minimum absolute atomic E-state index is 0.00806. The first-order valence-electron chi connectivity index (χ1n) is 9.34. The van der Waals surface area contributed by atoms with Crippen molar-refractivity contribution in [3.05, 3.63) is 47.5 Å². The molecular weight excluding hydrogens is 408 g/mol. The summed E-state index contributed by atoms with van der Waals surface area (Å²) in [6.45, 7) is 4.14. The van der Waals surface area contributed by atoms with Crippen LogP contribution in [0.25, 0.3) is 0 Å². The van der Waals surface area contributed by atoms with Gasteiger partial charge in [0.25, 0.3) is 0 Å². The Balaban J connectivity index is 1.90. The molecule has 0 saturated heterocycles. The van der Waals surface area contributed by atoms with Crippen molar-refractivity contribution in [3.8, 4) is 17.2 Å². The van der Waals surface area contributed by atoms with E-state index in [4.69, 9.17) is 14.2 Å². The Labute approximate surface area is 177 Å². The number of nitrogens with zero attached hydrogens (tertiary/aromatic N) is 1. The van der Waals surface area contributed by atoms with Gasteiger partial charge in [0.05, 0.1) is 32.2 Å². The fourth-order valence-electron chi connectivity index (χ4n) is 2.71. The maximum absolute atomic E-state index is 12.7. The van der Waals surface area contributed by atoms with Crippen molar-refractivity contribution in [2.24, 2.45) is 0 Å². The Morgan fingerprint density at radius 3 is 2.37 bits per heavy atom. The second-order valence-electron chi connectivity index (χ2n) is 6.75. The van der Waals surface area contributed by atoms with Gasteiger partial charge in [-0.2, -0.15) is 4.31 Å². The molecule has 8 nitrogen and oxygen atoms in total. The van der Waals surface area contributed by atoms with Crippen LogP contribution in [0.1, 0.15) is 11.1 Å². The summed E-state index contributed by atoms with van der Waals surface area (Å²) in [4.78, 5) is 12.2. The van der Waals surface area contributed by atoms with Gasteiger partial charge in [0.2, 0.25) is 15.9 Å². The van der Waals surface area contributed by atoms with Gasteiger partial charge in [-0.25, -0.2) is 8.42 Å². The monoisotopic (exact) mass is 436 g/mol. The van der Waals surface area contributed by atoms with Crippen molar-refractivity contribution in [3.63, 3.8) is 0 Å². The van der Waals surface area contributed by atoms with Crippen LogP contribution in [0, 0.1) is 13.8 Å². The molecule has 0 aromatic heterocycles. The van der Waals surface area contributed by atoms with E-state index >= 15 is 0 Å². The molecule has 0 aliphatic carbocycles. The van der Waals surface area contributed by atoms with Crippen LogP contribution < -0.4 is 19.5 Å². The van der Waals surface area contributed by atoms with E-state index < -0.39 is 15.9 Å². The number of ether oxygens (including phenoxy) is 3. The van der Waals surface area contributed by atoms with Gasteiger partial charge < -0.3 is 19.5 Å². The number of sulfonamides is 1. The second kappa shape index (κ2) is 10.3. The molecule has 2 aromatic carbocycles. The van der Waals surface area contributed by atoms with Crippen LogP contribution in [0.2, 0.25) is 0 Å². The van der Waals surface area contributed by atoms with E-state index in [1.165, 1.54) is 39.5 Å². The number of hydrogen-bond donors (Lipinski definition) is 1. The first kappa shape index (κ1) is 23.5. The van der Waals surface area contributed by atoms with Gasteiger partial charge in [0, 0.05) is 13.1 Å². The molecular formula is C21H28N2O6S. The molecule has 0 bridgehead atoms. The number of carbonyl (C=O) groups excluding carboxylic acids is 1. The van der Waals surface area contributed by atoms with Crippen molar-refractivity contribution >= 4 is 15.9 Å². The van der Waals surface area contributed by atoms with Crippen molar-refractivity contribution in [2.45, 2.75) is 18.7 Å². The minimum atomic E-state index is -3.87. The predicted molar refractivity (Wildman–Crippen MR) is 114 cm³/mol. The summed E-state index contributed by atoms with van der Waals surface area (Å²) < 4.78 is 42.4. The average molecular weight is 437 g/mol. The van der Waals surface area contributed by atoms with Crippen molar-refractivity contribution in [1.82, 2.24) is 9.62 Å². The normalized spacial score (nSPS) is 11.3. The summed E-state index contributed by atoms with van der Waals surface area (Å²) >= 11 is 0. The molecule has 0 aliphatic rings. The molecule has 0 saturated carbocycles. The van der Waals surface area contributed by atoms with E-state index in [1.54, 1.807) is 0 Å². The number of rotatable bonds is 10. The number of aryl methyl sites for hydroxylation is 2. The minimum Gasteiger partial charge on any atom is -0.493 e. The molecule has 30 heavy (non-hydrogen) atoms. The van der Waals surface area contributed by atoms with Crippen molar-refractivity contribution in [2.75, 3.05) is 41.0 Å². The molecule has 0 heterocycles. The van der Waals surface area contributed by atoms with E-state index in [0.29, 0.717) is 11.5 Å². The molecule has 2 aromatic rings. The third-order valence-corrected chi connectivity index (χ3v) is 6.25. The zero-order valence-electron chi connectivity index (χ0n) is 17.9. The summed E-state index contributed by atoms with van der Waals surface area (Å²) in [7, 11) is 0.363. The fourth-order valence-corrected chi connectivity index (χ4v) is 3.86. The van der Waals surface area contributed by atoms with Crippen molar-refractivity contribution < 1.29 is 27.4 Å². The summed E-state index contributed by atoms with van der Waals surface area (Å²) in [5.74, 6) is 1.05. The van der Waals surface area contributed by atoms with Crippen LogP contribution in [-0.4, -0.2) is 59.6 Å². The van der Waals surface area contributed by atoms with E-state index in [0.717, 1.165) is 21.2 Å². The molecule has 0 radical (unpaired) electrons. The van der Waals surface area contributed by atoms with Gasteiger partial charge in [-0.1, -0.05) is 12.1 Å². The molecule has 0 fully saturated rings. The highest BCUT2D eigenvalue weighted by Crippen LogP contribution is 2.30. The maximum atomic E-state index is 12.7. The van der Waals surface area contributed by atoms with Crippen LogP contribution in [-0.2, 0) is 14.8 Å². The SMILES string of the molecule is COc1ccc(S(=O)(=O)N(C)CC(=O)NCCOc2cc(C)ccc2C)cc1OC. The highest BCUT2D eigenvalue weighted by molar-refractivity contribution is 7.89. The number of benzene rings is 2. The zero-order chi connectivity index (χ0) is 22.3. The van der Waals surface area contributed by atoms with E-state index in [9.17, 15) is 13.2 Å². The number of methoxy groups -OCH3 is 2. The molecule has 0 atom stereocenters. The Hall–Kier alpha value is -2.78. The van der Waals surface area contributed by atoms with Crippen LogP contribution >= 0.6 is 0 Å². The van der Waals surface area contributed by atoms with Crippen LogP contribution in [0.5, 0.6) is 17.2 Å². The fraction of sp³-hybridized carbons (Fsp3) is 0.381. The van der Waals surface area contributed by atoms with Crippen LogP contribution in [0.15, 0.2) is 41.3 Å². The first-order valence-corrected chi connectivity index (χ1v) is 10.8. The molecule has 1 amide bonds. The maximum Gasteiger partial charge on any atom is 0.243 e. The van der Waals surface area contributed by atoms with E-state index in [2.05, 4.69) is 5.32 Å². The highest BCUT2D eigenvalue weighted by Gasteiger charge is 2.24. The largest absolute Gasteiger partial charge is 0.493 e. The number of amides is 1. The molecule has 1 N–H and O–H groups in total. The topological polar surface area (TPSA) is 94.2 Å². The van der Waals surface area contributed by atoms with Crippen molar-refractivity contribution in [1.29, 1.82) is 0 Å². The zero-order valence-corrected chi connectivity index (χ0v) is 18.7. The standard InChI is InChI=1S/C21H28N2O6S/c1-15-6-7-16(2)19(12-15)29-11-10-22-21(24)14-23(3)30(25,26)17-8-9-18(27-4)20(13-17)28-5/h6-9,12-13H,10-11,14H2,1-5H3,(H,22,24). The number of carbonyl (C=O) groups is 1. The smallest absolute Gasteiger partial charge is 0.243 e. The molecule has 9 heteroatoms. The van der Waals surface area contributed by atoms with Gasteiger partial charge in [0.15, 0.2) is 11.5 Å². The molecule has 164 valence electrons. The Bertz CT molecular complexity index is 991. The number of nitrogens with one attached hydrogen (secondary N) is 1. The van der Waals surface area contributed by atoms with Crippen LogP contribution in [0.4, 0.5) is 0 Å². The van der Waals surface area contributed by atoms with Gasteiger partial charge >= 0.3 is 0 Å². The van der Waals surface area contributed by atoms with Gasteiger partial charge in [-0.3, -0.25) is 4.79 Å². The summed E-state index contributed by atoms with van der Waals surface area (Å²) in [5, 5.41) is 2.67. The lowest BCUT2D eigenvalue weighted by atomic mass is 10.1. The van der Waals surface area contributed by atoms with Crippen LogP contribution in [0.3, 0.4) is 0 Å². The highest BCUT2D eigenvalue weighted by atomic mass is 32.2. The molecule has 2 rings (SSSR count). The number of hydrogen-bond acceptors (Lipinski definition) is 6. The van der Waals surface area contributed by atoms with E-state index in [1.807, 2.05) is 32.0 Å². The van der Waals surface area contributed by atoms with Gasteiger partial charge in [-0.05, 0) is 43.2 Å². The summed E-state index contributed by atoms with van der Waals surface area (Å²) in [6, 6.07) is 10.2. The Morgan fingerprint density at radius 2 is 1.70 bits per heavy atom. The summed E-state index contributed by atoms with van der Waals surface area (Å²) in [5.41, 5.74) is 2.09. The quantitative estimate of drug-likeness (QED) is 0.574. The Kier molecular flexibility index (Phi) is 8.08. The summed E-state index contributed by atoms with van der Waals surface area (Å²) in [6.07, 6.45) is 0. The third kappa shape index (κ3) is 5.87. The average Bonchev–Trinajstić information content (AvgIpc) is 2.72. The molecule has 0 spiro atoms. The Morgan fingerprint density at radius 1 is 1.00 bits per heavy atom.